The molecule has 0 unspecified atom stereocenters. The van der Waals surface area contributed by atoms with Crippen LogP contribution in [0.15, 0.2) is 24.3 Å². The lowest BCUT2D eigenvalue weighted by molar-refractivity contribution is -0.143. The van der Waals surface area contributed by atoms with Gasteiger partial charge in [-0.05, 0) is 23.8 Å². The molecule has 33 heavy (non-hydrogen) atoms. The summed E-state index contributed by atoms with van der Waals surface area (Å²) in [5.41, 5.74) is -2.53. The summed E-state index contributed by atoms with van der Waals surface area (Å²) in [6, 6.07) is 3.00. The van der Waals surface area contributed by atoms with Crippen LogP contribution in [0, 0.1) is 0 Å². The Balaban J connectivity index is 1.42. The lowest BCUT2D eigenvalue weighted by atomic mass is 10.1. The molecule has 2 aliphatic rings. The number of amides is 1. The standard InChI is InChI=1S/C20H21F6N5O2/c21-19(22,23)14-7-13(8-15(9-14)20(24,25)26)12-33-18(32)30-5-6-31-16(11-30)10-17(28-31)29-3-1-27-2-4-29/h7-10,27H,1-6,11-12H2. The second kappa shape index (κ2) is 8.76. The summed E-state index contributed by atoms with van der Waals surface area (Å²) in [5.74, 6) is 0.797. The number of alkyl halides is 6. The average Bonchev–Trinajstić information content (AvgIpc) is 3.20. The molecule has 1 aromatic carbocycles. The monoisotopic (exact) mass is 477 g/mol. The fourth-order valence-corrected chi connectivity index (χ4v) is 3.79. The Hall–Kier alpha value is -2.96. The van der Waals surface area contributed by atoms with Crippen molar-refractivity contribution in [1.82, 2.24) is 20.0 Å². The third-order valence-corrected chi connectivity index (χ3v) is 5.49. The maximum atomic E-state index is 13.0. The first-order chi connectivity index (χ1) is 15.5. The molecule has 0 radical (unpaired) electrons. The Morgan fingerprint density at radius 1 is 0.939 bits per heavy atom. The molecule has 13 heteroatoms. The Labute approximate surface area is 184 Å². The molecule has 0 spiro atoms. The SMILES string of the molecule is O=C(OCc1cc(C(F)(F)F)cc(C(F)(F)F)c1)N1CCn2nc(N3CCNCC3)cc2C1. The smallest absolute Gasteiger partial charge is 0.416 e. The predicted molar refractivity (Wildman–Crippen MR) is 104 cm³/mol. The largest absolute Gasteiger partial charge is 0.445 e. The van der Waals surface area contributed by atoms with Gasteiger partial charge in [-0.25, -0.2) is 4.79 Å². The highest BCUT2D eigenvalue weighted by Gasteiger charge is 2.37. The van der Waals surface area contributed by atoms with Gasteiger partial charge in [0, 0.05) is 38.8 Å². The van der Waals surface area contributed by atoms with Crippen LogP contribution in [0.1, 0.15) is 22.4 Å². The first kappa shape index (κ1) is 23.2. The van der Waals surface area contributed by atoms with Gasteiger partial charge in [0.2, 0.25) is 0 Å². The summed E-state index contributed by atoms with van der Waals surface area (Å²) < 4.78 is 84.9. The van der Waals surface area contributed by atoms with Crippen molar-refractivity contribution in [1.29, 1.82) is 0 Å². The van der Waals surface area contributed by atoms with Crippen LogP contribution in [0.5, 0.6) is 0 Å². The number of nitrogens with one attached hydrogen (secondary N) is 1. The number of hydrogen-bond acceptors (Lipinski definition) is 5. The van der Waals surface area contributed by atoms with E-state index >= 15 is 0 Å². The van der Waals surface area contributed by atoms with E-state index < -0.39 is 41.7 Å². The topological polar surface area (TPSA) is 62.6 Å². The van der Waals surface area contributed by atoms with Crippen LogP contribution in [0.25, 0.3) is 0 Å². The first-order valence-electron chi connectivity index (χ1n) is 10.2. The van der Waals surface area contributed by atoms with Gasteiger partial charge in [0.25, 0.3) is 0 Å². The average molecular weight is 477 g/mol. The van der Waals surface area contributed by atoms with Crippen LogP contribution in [0.4, 0.5) is 37.0 Å². The maximum absolute atomic E-state index is 13.0. The zero-order valence-corrected chi connectivity index (χ0v) is 17.3. The van der Waals surface area contributed by atoms with Crippen LogP contribution in [0.2, 0.25) is 0 Å². The highest BCUT2D eigenvalue weighted by Crippen LogP contribution is 2.36. The number of fused-ring (bicyclic) bond motifs is 1. The summed E-state index contributed by atoms with van der Waals surface area (Å²) in [6.45, 7) is 3.40. The molecule has 2 aliphatic heterocycles. The van der Waals surface area contributed by atoms with Crippen molar-refractivity contribution in [3.05, 3.63) is 46.6 Å². The molecule has 2 aromatic rings. The van der Waals surface area contributed by atoms with E-state index in [4.69, 9.17) is 4.74 Å². The Bertz CT molecular complexity index is 981. The van der Waals surface area contributed by atoms with Crippen molar-refractivity contribution in [3.8, 4) is 0 Å². The van der Waals surface area contributed by atoms with Gasteiger partial charge in [-0.2, -0.15) is 31.4 Å². The number of halogens is 6. The van der Waals surface area contributed by atoms with Crippen molar-refractivity contribution < 1.29 is 35.9 Å². The van der Waals surface area contributed by atoms with Crippen molar-refractivity contribution in [2.45, 2.75) is 32.0 Å². The summed E-state index contributed by atoms with van der Waals surface area (Å²) >= 11 is 0. The second-order valence-electron chi connectivity index (χ2n) is 7.84. The summed E-state index contributed by atoms with van der Waals surface area (Å²) in [5, 5.41) is 7.80. The molecular weight excluding hydrogens is 456 g/mol. The molecule has 1 fully saturated rings. The lowest BCUT2D eigenvalue weighted by Gasteiger charge is -2.27. The molecule has 4 rings (SSSR count). The van der Waals surface area contributed by atoms with Crippen molar-refractivity contribution in [3.63, 3.8) is 0 Å². The zero-order chi connectivity index (χ0) is 23.8. The molecule has 3 heterocycles. The Kier molecular flexibility index (Phi) is 6.16. The summed E-state index contributed by atoms with van der Waals surface area (Å²) in [6.07, 6.45) is -10.8. The van der Waals surface area contributed by atoms with Gasteiger partial charge >= 0.3 is 18.4 Å². The number of ether oxygens (including phenoxy) is 1. The maximum Gasteiger partial charge on any atom is 0.416 e. The molecule has 1 amide bonds. The predicted octanol–water partition coefficient (Wildman–Crippen LogP) is 3.48. The van der Waals surface area contributed by atoms with Gasteiger partial charge in [0.1, 0.15) is 6.61 Å². The minimum atomic E-state index is -4.96. The Morgan fingerprint density at radius 3 is 2.18 bits per heavy atom. The van der Waals surface area contributed by atoms with E-state index in [0.717, 1.165) is 37.7 Å². The van der Waals surface area contributed by atoms with E-state index in [9.17, 15) is 31.1 Å². The highest BCUT2D eigenvalue weighted by molar-refractivity contribution is 5.68. The number of aromatic nitrogens is 2. The van der Waals surface area contributed by atoms with Gasteiger partial charge in [-0.3, -0.25) is 4.68 Å². The molecule has 0 saturated carbocycles. The molecule has 1 aromatic heterocycles. The fourth-order valence-electron chi connectivity index (χ4n) is 3.79. The van der Waals surface area contributed by atoms with Crippen molar-refractivity contribution in [2.75, 3.05) is 37.6 Å². The number of piperazine rings is 1. The minimum Gasteiger partial charge on any atom is -0.445 e. The third kappa shape index (κ3) is 5.34. The van der Waals surface area contributed by atoms with Gasteiger partial charge in [0.05, 0.1) is 29.9 Å². The number of hydrogen-bond donors (Lipinski definition) is 1. The molecule has 180 valence electrons. The van der Waals surface area contributed by atoms with Crippen LogP contribution >= 0.6 is 0 Å². The van der Waals surface area contributed by atoms with Gasteiger partial charge in [-0.1, -0.05) is 0 Å². The number of rotatable bonds is 3. The highest BCUT2D eigenvalue weighted by atomic mass is 19.4. The van der Waals surface area contributed by atoms with E-state index in [1.807, 2.05) is 6.07 Å². The third-order valence-electron chi connectivity index (χ3n) is 5.49. The quantitative estimate of drug-likeness (QED) is 0.686. The minimum absolute atomic E-state index is 0.0348. The van der Waals surface area contributed by atoms with Crippen LogP contribution in [-0.4, -0.2) is 53.5 Å². The Morgan fingerprint density at radius 2 is 1.58 bits per heavy atom. The first-order valence-corrected chi connectivity index (χ1v) is 10.2. The van der Waals surface area contributed by atoms with Crippen molar-refractivity contribution in [2.24, 2.45) is 0 Å². The van der Waals surface area contributed by atoms with E-state index in [0.29, 0.717) is 18.7 Å². The number of carbonyl (C=O) groups excluding carboxylic acids is 1. The van der Waals surface area contributed by atoms with Gasteiger partial charge in [0.15, 0.2) is 5.82 Å². The number of nitrogens with zero attached hydrogens (tertiary/aromatic N) is 4. The van der Waals surface area contributed by atoms with E-state index in [-0.39, 0.29) is 19.2 Å². The molecular formula is C20H21F6N5O2. The molecule has 1 saturated heterocycles. The molecule has 0 aliphatic carbocycles. The number of carbonyl (C=O) groups is 1. The molecule has 7 nitrogen and oxygen atoms in total. The molecule has 0 bridgehead atoms. The van der Waals surface area contributed by atoms with Gasteiger partial charge in [-0.15, -0.1) is 0 Å². The summed E-state index contributed by atoms with van der Waals surface area (Å²) in [4.78, 5) is 15.9. The lowest BCUT2D eigenvalue weighted by Crippen LogP contribution is -2.43. The zero-order valence-electron chi connectivity index (χ0n) is 17.3. The molecule has 1 N–H and O–H groups in total. The van der Waals surface area contributed by atoms with Crippen LogP contribution in [0.3, 0.4) is 0 Å². The number of anilines is 1. The fraction of sp³-hybridized carbons (Fsp3) is 0.500. The van der Waals surface area contributed by atoms with Gasteiger partial charge < -0.3 is 19.9 Å². The van der Waals surface area contributed by atoms with E-state index in [1.54, 1.807) is 4.68 Å². The van der Waals surface area contributed by atoms with Crippen LogP contribution in [-0.2, 0) is 36.8 Å². The molecule has 0 atom stereocenters. The second-order valence-corrected chi connectivity index (χ2v) is 7.84. The van der Waals surface area contributed by atoms with E-state index in [2.05, 4.69) is 15.3 Å². The van der Waals surface area contributed by atoms with E-state index in [1.165, 1.54) is 4.90 Å². The van der Waals surface area contributed by atoms with Crippen LogP contribution < -0.4 is 10.2 Å². The van der Waals surface area contributed by atoms with Crippen molar-refractivity contribution >= 4 is 11.9 Å². The normalized spacial score (nSPS) is 17.2. The number of benzene rings is 1. The summed E-state index contributed by atoms with van der Waals surface area (Å²) in [7, 11) is 0.